The zero-order valence-corrected chi connectivity index (χ0v) is 8.12. The molecule has 0 aliphatic heterocycles. The molecule has 1 rings (SSSR count). The molecule has 0 spiro atoms. The second-order valence-electron chi connectivity index (χ2n) is 2.60. The Bertz CT molecular complexity index is 354. The summed E-state index contributed by atoms with van der Waals surface area (Å²) in [6, 6.07) is 0. The molecule has 1 heterocycles. The van der Waals surface area contributed by atoms with Gasteiger partial charge in [-0.3, -0.25) is 4.79 Å². The van der Waals surface area contributed by atoms with Crippen LogP contribution in [0.15, 0.2) is 16.1 Å². The molecule has 5 N–H and O–H groups in total. The molecule has 0 aliphatic carbocycles. The Labute approximate surface area is 84.2 Å². The van der Waals surface area contributed by atoms with Gasteiger partial charge in [0, 0.05) is 5.75 Å². The van der Waals surface area contributed by atoms with E-state index in [0.29, 0.717) is 5.03 Å². The van der Waals surface area contributed by atoms with Crippen LogP contribution in [0.4, 0.5) is 5.69 Å². The van der Waals surface area contributed by atoms with Crippen molar-refractivity contribution >= 4 is 17.4 Å². The van der Waals surface area contributed by atoms with E-state index in [1.807, 2.05) is 0 Å². The number of hydrogen-bond acceptors (Lipinski definition) is 6. The van der Waals surface area contributed by atoms with E-state index in [2.05, 4.69) is 9.97 Å². The molecule has 0 aromatic carbocycles. The minimum absolute atomic E-state index is 0.0302. The van der Waals surface area contributed by atoms with Crippen LogP contribution >= 0.6 is 11.8 Å². The molecular formula is C7H11N3O3S. The number of H-pyrrole nitrogens is 1. The monoisotopic (exact) mass is 217 g/mol. The summed E-state index contributed by atoms with van der Waals surface area (Å²) in [5.74, 6) is 0.247. The fourth-order valence-electron chi connectivity index (χ4n) is 0.737. The van der Waals surface area contributed by atoms with Crippen LogP contribution in [0, 0.1) is 0 Å². The van der Waals surface area contributed by atoms with Crippen LogP contribution in [-0.2, 0) is 0 Å². The van der Waals surface area contributed by atoms with Crippen LogP contribution in [0.5, 0.6) is 0 Å². The molecule has 0 amide bonds. The first-order chi connectivity index (χ1) is 6.65. The number of thioether (sulfide) groups is 1. The smallest absolute Gasteiger partial charge is 0.275 e. The van der Waals surface area contributed by atoms with Gasteiger partial charge in [0.25, 0.3) is 5.56 Å². The van der Waals surface area contributed by atoms with E-state index in [0.717, 1.165) is 11.8 Å². The Kier molecular flexibility index (Phi) is 3.93. The zero-order chi connectivity index (χ0) is 10.6. The Hall–Kier alpha value is -1.05. The Balaban J connectivity index is 2.68. The zero-order valence-electron chi connectivity index (χ0n) is 7.30. The molecule has 0 saturated carbocycles. The van der Waals surface area contributed by atoms with Crippen LogP contribution < -0.4 is 11.3 Å². The number of hydrogen-bond donors (Lipinski definition) is 4. The highest BCUT2D eigenvalue weighted by Gasteiger charge is 2.08. The Morgan fingerprint density at radius 2 is 2.43 bits per heavy atom. The van der Waals surface area contributed by atoms with Gasteiger partial charge in [0.1, 0.15) is 10.7 Å². The number of aliphatic hydroxyl groups is 2. The highest BCUT2D eigenvalue weighted by Crippen LogP contribution is 2.18. The largest absolute Gasteiger partial charge is 0.394 e. The molecule has 1 aromatic rings. The average molecular weight is 217 g/mol. The summed E-state index contributed by atoms with van der Waals surface area (Å²) in [6.45, 7) is -0.323. The summed E-state index contributed by atoms with van der Waals surface area (Å²) in [6.07, 6.45) is 0.410. The van der Waals surface area contributed by atoms with Gasteiger partial charge in [-0.05, 0) is 0 Å². The predicted molar refractivity (Wildman–Crippen MR) is 53.1 cm³/mol. The van der Waals surface area contributed by atoms with Gasteiger partial charge in [0.05, 0.1) is 19.0 Å². The predicted octanol–water partition coefficient (Wildman–Crippen LogP) is -1.20. The number of aromatic amines is 1. The van der Waals surface area contributed by atoms with Crippen LogP contribution in [0.1, 0.15) is 0 Å². The van der Waals surface area contributed by atoms with Crippen LogP contribution in [0.3, 0.4) is 0 Å². The van der Waals surface area contributed by atoms with Gasteiger partial charge in [-0.1, -0.05) is 0 Å². The van der Waals surface area contributed by atoms with Gasteiger partial charge < -0.3 is 20.9 Å². The van der Waals surface area contributed by atoms with Gasteiger partial charge in [-0.25, -0.2) is 4.98 Å². The number of aliphatic hydroxyl groups excluding tert-OH is 2. The van der Waals surface area contributed by atoms with Crippen molar-refractivity contribution < 1.29 is 10.2 Å². The molecule has 0 radical (unpaired) electrons. The van der Waals surface area contributed by atoms with E-state index in [1.165, 1.54) is 6.33 Å². The molecule has 6 nitrogen and oxygen atoms in total. The summed E-state index contributed by atoms with van der Waals surface area (Å²) in [4.78, 5) is 17.2. The third-order valence-electron chi connectivity index (χ3n) is 1.48. The lowest BCUT2D eigenvalue weighted by atomic mass is 10.4. The molecule has 1 unspecified atom stereocenters. The number of nitrogens with two attached hydrogens (primary N) is 1. The molecular weight excluding hydrogens is 206 g/mol. The Morgan fingerprint density at radius 3 is 3.07 bits per heavy atom. The van der Waals surface area contributed by atoms with E-state index in [9.17, 15) is 4.79 Å². The highest BCUT2D eigenvalue weighted by molar-refractivity contribution is 7.99. The van der Waals surface area contributed by atoms with E-state index in [-0.39, 0.29) is 18.0 Å². The summed E-state index contributed by atoms with van der Waals surface area (Å²) in [5.41, 5.74) is 5.07. The molecule has 1 aromatic heterocycles. The van der Waals surface area contributed by atoms with Crippen LogP contribution in [0.25, 0.3) is 0 Å². The summed E-state index contributed by atoms with van der Waals surface area (Å²) < 4.78 is 0. The van der Waals surface area contributed by atoms with E-state index < -0.39 is 11.7 Å². The fraction of sp³-hybridized carbons (Fsp3) is 0.429. The molecule has 0 aliphatic rings. The first-order valence-electron chi connectivity index (χ1n) is 3.90. The van der Waals surface area contributed by atoms with Crippen LogP contribution in [-0.4, -0.2) is 38.6 Å². The van der Waals surface area contributed by atoms with Crippen molar-refractivity contribution in [3.63, 3.8) is 0 Å². The standard InChI is InChI=1S/C7H11N3O3S/c8-5-6(13)9-3-10-7(5)14-2-4(12)1-11/h3-4,11-12H,1-2,8H2,(H,9,10,13). The quantitative estimate of drug-likeness (QED) is 0.372. The lowest BCUT2D eigenvalue weighted by Crippen LogP contribution is -2.17. The van der Waals surface area contributed by atoms with Crippen molar-refractivity contribution in [3.05, 3.63) is 16.7 Å². The topological polar surface area (TPSA) is 112 Å². The molecule has 1 atom stereocenters. The van der Waals surface area contributed by atoms with Crippen molar-refractivity contribution in [1.82, 2.24) is 9.97 Å². The van der Waals surface area contributed by atoms with Gasteiger partial charge in [0.2, 0.25) is 0 Å². The second kappa shape index (κ2) is 4.99. The fourth-order valence-corrected chi connectivity index (χ4v) is 1.57. The van der Waals surface area contributed by atoms with Crippen molar-refractivity contribution in [1.29, 1.82) is 0 Å². The number of aromatic nitrogens is 2. The first kappa shape index (κ1) is 11.0. The lowest BCUT2D eigenvalue weighted by Gasteiger charge is -2.06. The first-order valence-corrected chi connectivity index (χ1v) is 4.88. The lowest BCUT2D eigenvalue weighted by molar-refractivity contribution is 0.113. The molecule has 78 valence electrons. The van der Waals surface area contributed by atoms with Gasteiger partial charge in [0.15, 0.2) is 0 Å². The maximum atomic E-state index is 11.0. The second-order valence-corrected chi connectivity index (χ2v) is 3.61. The number of anilines is 1. The SMILES string of the molecule is Nc1c(SCC(O)CO)nc[nH]c1=O. The maximum absolute atomic E-state index is 11.0. The van der Waals surface area contributed by atoms with Gasteiger partial charge >= 0.3 is 0 Å². The average Bonchev–Trinajstić information content (AvgIpc) is 2.20. The molecule has 7 heteroatoms. The maximum Gasteiger partial charge on any atom is 0.275 e. The minimum Gasteiger partial charge on any atom is -0.394 e. The van der Waals surface area contributed by atoms with Crippen molar-refractivity contribution in [2.24, 2.45) is 0 Å². The minimum atomic E-state index is -0.833. The Morgan fingerprint density at radius 1 is 1.71 bits per heavy atom. The van der Waals surface area contributed by atoms with Gasteiger partial charge in [-0.15, -0.1) is 11.8 Å². The molecule has 14 heavy (non-hydrogen) atoms. The third kappa shape index (κ3) is 2.72. The normalized spacial score (nSPS) is 12.7. The van der Waals surface area contributed by atoms with E-state index in [4.69, 9.17) is 15.9 Å². The molecule has 0 bridgehead atoms. The third-order valence-corrected chi connectivity index (χ3v) is 2.63. The molecule has 0 fully saturated rings. The number of rotatable bonds is 4. The molecule has 0 saturated heterocycles. The summed E-state index contributed by atoms with van der Waals surface area (Å²) in [7, 11) is 0. The number of nitrogen functional groups attached to an aromatic ring is 1. The van der Waals surface area contributed by atoms with Crippen molar-refractivity contribution in [2.75, 3.05) is 18.1 Å². The number of nitrogens with zero attached hydrogens (tertiary/aromatic N) is 1. The van der Waals surface area contributed by atoms with Crippen molar-refractivity contribution in [2.45, 2.75) is 11.1 Å². The van der Waals surface area contributed by atoms with Crippen molar-refractivity contribution in [3.8, 4) is 0 Å². The van der Waals surface area contributed by atoms with Crippen LogP contribution in [0.2, 0.25) is 0 Å². The highest BCUT2D eigenvalue weighted by atomic mass is 32.2. The van der Waals surface area contributed by atoms with E-state index >= 15 is 0 Å². The number of nitrogens with one attached hydrogen (secondary N) is 1. The summed E-state index contributed by atoms with van der Waals surface area (Å²) >= 11 is 1.13. The summed E-state index contributed by atoms with van der Waals surface area (Å²) in [5, 5.41) is 18.0. The van der Waals surface area contributed by atoms with E-state index in [1.54, 1.807) is 0 Å². The van der Waals surface area contributed by atoms with Gasteiger partial charge in [-0.2, -0.15) is 0 Å².